The van der Waals surface area contributed by atoms with Gasteiger partial charge in [-0.15, -0.1) is 28.5 Å². The molecule has 2 N–H and O–H groups in total. The van der Waals surface area contributed by atoms with Crippen LogP contribution in [-0.2, 0) is 32.2 Å². The molecule has 4 aromatic rings. The second-order valence-electron chi connectivity index (χ2n) is 8.92. The Kier molecular flexibility index (Phi) is 9.89. The highest BCUT2D eigenvalue weighted by molar-refractivity contribution is 7.13. The fourth-order valence-electron chi connectivity index (χ4n) is 3.63. The number of hydrogen-bond acceptors (Lipinski definition) is 9. The molecule has 2 amide bonds. The summed E-state index contributed by atoms with van der Waals surface area (Å²) in [6.45, 7) is 0.164. The third kappa shape index (κ3) is 9.73. The Morgan fingerprint density at radius 3 is 2.49 bits per heavy atom. The molecular formula is C25H22F6N8O3S. The van der Waals surface area contributed by atoms with E-state index in [4.69, 9.17) is 0 Å². The summed E-state index contributed by atoms with van der Waals surface area (Å²) in [5, 5.41) is 21.2. The molecule has 0 unspecified atom stereocenters. The molecule has 228 valence electrons. The minimum atomic E-state index is -4.82. The average Bonchev–Trinajstić information content (AvgIpc) is 3.62. The Morgan fingerprint density at radius 1 is 0.930 bits per heavy atom. The number of unbranched alkanes of at least 4 members (excludes halogenated alkanes) is 1. The van der Waals surface area contributed by atoms with Gasteiger partial charge in [-0.1, -0.05) is 28.7 Å². The van der Waals surface area contributed by atoms with Crippen LogP contribution >= 0.6 is 11.3 Å². The average molecular weight is 629 g/mol. The second kappa shape index (κ2) is 13.6. The van der Waals surface area contributed by atoms with Crippen molar-refractivity contribution in [2.24, 2.45) is 0 Å². The van der Waals surface area contributed by atoms with E-state index in [0.717, 1.165) is 41.8 Å². The van der Waals surface area contributed by atoms with E-state index in [1.807, 2.05) is 0 Å². The molecule has 0 aliphatic rings. The van der Waals surface area contributed by atoms with E-state index in [2.05, 4.69) is 40.9 Å². The number of pyridine rings is 1. The molecule has 0 bridgehead atoms. The fourth-order valence-corrected chi connectivity index (χ4v) is 4.43. The van der Waals surface area contributed by atoms with Crippen molar-refractivity contribution in [3.63, 3.8) is 0 Å². The summed E-state index contributed by atoms with van der Waals surface area (Å²) in [7, 11) is 0. The summed E-state index contributed by atoms with van der Waals surface area (Å²) in [6, 6.07) is 6.92. The van der Waals surface area contributed by atoms with Crippen LogP contribution in [0.15, 0.2) is 48.8 Å². The lowest BCUT2D eigenvalue weighted by Crippen LogP contribution is -2.23. The molecule has 0 fully saturated rings. The van der Waals surface area contributed by atoms with Crippen molar-refractivity contribution in [2.45, 2.75) is 51.4 Å². The topological polar surface area (TPSA) is 137 Å². The molecule has 3 heterocycles. The highest BCUT2D eigenvalue weighted by Gasteiger charge is 2.31. The number of benzene rings is 1. The number of amides is 2. The van der Waals surface area contributed by atoms with Gasteiger partial charge in [0.15, 0.2) is 5.69 Å². The molecule has 18 heteroatoms. The van der Waals surface area contributed by atoms with E-state index < -0.39 is 35.7 Å². The van der Waals surface area contributed by atoms with E-state index in [-0.39, 0.29) is 29.5 Å². The fraction of sp³-hybridized carbons (Fsp3) is 0.320. The molecule has 0 aliphatic carbocycles. The Balaban J connectivity index is 1.17. The number of rotatable bonds is 12. The van der Waals surface area contributed by atoms with E-state index in [1.54, 1.807) is 0 Å². The standard InChI is InChI=1S/C25H22F6N8O3S/c26-24(27,28)16-7-8-32-17(11-16)13-34-22(41)23-37-36-20(43-23)6-1-2-9-39-14-19(35-38-39)21(40)33-12-15-4-3-5-18(10-15)42-25(29,30)31/h3-5,7-8,10-11,14H,1-2,6,9,12-13H2,(H,33,40)(H,34,41). The maximum Gasteiger partial charge on any atom is 0.573 e. The number of aromatic nitrogens is 6. The van der Waals surface area contributed by atoms with Gasteiger partial charge >= 0.3 is 12.5 Å². The Labute approximate surface area is 243 Å². The summed E-state index contributed by atoms with van der Waals surface area (Å²) in [5.41, 5.74) is -0.389. The van der Waals surface area contributed by atoms with Gasteiger partial charge in [0, 0.05) is 25.7 Å². The van der Waals surface area contributed by atoms with Gasteiger partial charge < -0.3 is 15.4 Å². The van der Waals surface area contributed by atoms with Gasteiger partial charge in [-0.2, -0.15) is 13.2 Å². The van der Waals surface area contributed by atoms with Crippen molar-refractivity contribution in [2.75, 3.05) is 0 Å². The maximum absolute atomic E-state index is 12.8. The molecule has 11 nitrogen and oxygen atoms in total. The largest absolute Gasteiger partial charge is 0.573 e. The lowest BCUT2D eigenvalue weighted by Gasteiger charge is -2.10. The Bertz CT molecular complexity index is 1560. The molecule has 0 saturated heterocycles. The molecular weight excluding hydrogens is 606 g/mol. The first-order valence-electron chi connectivity index (χ1n) is 12.5. The van der Waals surface area contributed by atoms with E-state index in [1.165, 1.54) is 23.0 Å². The first kappa shape index (κ1) is 31.3. The monoisotopic (exact) mass is 628 g/mol. The molecule has 0 saturated carbocycles. The van der Waals surface area contributed by atoms with Crippen LogP contribution in [0.5, 0.6) is 5.75 Å². The number of carbonyl (C=O) groups excluding carboxylic acids is 2. The Hall–Kier alpha value is -4.61. The molecule has 3 aromatic heterocycles. The quantitative estimate of drug-likeness (QED) is 0.175. The zero-order valence-electron chi connectivity index (χ0n) is 21.9. The van der Waals surface area contributed by atoms with Gasteiger partial charge in [0.1, 0.15) is 10.8 Å². The molecule has 0 atom stereocenters. The van der Waals surface area contributed by atoms with E-state index in [0.29, 0.717) is 36.4 Å². The number of halogens is 6. The van der Waals surface area contributed by atoms with Gasteiger partial charge in [0.05, 0.1) is 24.0 Å². The summed E-state index contributed by atoms with van der Waals surface area (Å²) in [5.74, 6) is -1.54. The van der Waals surface area contributed by atoms with Crippen molar-refractivity contribution < 1.29 is 40.7 Å². The highest BCUT2D eigenvalue weighted by Crippen LogP contribution is 2.29. The maximum atomic E-state index is 12.8. The molecule has 4 rings (SSSR count). The Morgan fingerprint density at radius 2 is 1.72 bits per heavy atom. The van der Waals surface area contributed by atoms with Crippen LogP contribution in [0.4, 0.5) is 26.3 Å². The van der Waals surface area contributed by atoms with Crippen LogP contribution in [0.1, 0.15) is 55.0 Å². The number of alkyl halides is 6. The second-order valence-corrected chi connectivity index (χ2v) is 9.98. The normalized spacial score (nSPS) is 11.8. The number of hydrogen-bond donors (Lipinski definition) is 2. The van der Waals surface area contributed by atoms with Gasteiger partial charge in [0.2, 0.25) is 5.01 Å². The summed E-state index contributed by atoms with van der Waals surface area (Å²) in [6.07, 6.45) is -5.12. The highest BCUT2D eigenvalue weighted by atomic mass is 32.1. The zero-order chi connectivity index (χ0) is 31.0. The van der Waals surface area contributed by atoms with Crippen LogP contribution in [0.3, 0.4) is 0 Å². The van der Waals surface area contributed by atoms with Crippen LogP contribution in [0.2, 0.25) is 0 Å². The SMILES string of the molecule is O=C(NCc1cccc(OC(F)(F)F)c1)c1cn(CCCCc2nnc(C(=O)NCc3cc(C(F)(F)F)ccn3)s2)nn1. The van der Waals surface area contributed by atoms with Gasteiger partial charge in [-0.3, -0.25) is 19.3 Å². The van der Waals surface area contributed by atoms with Crippen molar-refractivity contribution >= 4 is 23.2 Å². The third-order valence-electron chi connectivity index (χ3n) is 5.62. The van der Waals surface area contributed by atoms with Gasteiger partial charge in [0.25, 0.3) is 11.8 Å². The molecule has 43 heavy (non-hydrogen) atoms. The van der Waals surface area contributed by atoms with E-state index in [9.17, 15) is 35.9 Å². The van der Waals surface area contributed by atoms with Crippen molar-refractivity contribution in [1.82, 2.24) is 40.8 Å². The molecule has 0 aliphatic heterocycles. The number of nitrogens with zero attached hydrogens (tertiary/aromatic N) is 6. The summed E-state index contributed by atoms with van der Waals surface area (Å²) < 4.78 is 81.0. The number of ether oxygens (including phenoxy) is 1. The molecule has 0 spiro atoms. The van der Waals surface area contributed by atoms with Crippen molar-refractivity contribution in [3.8, 4) is 5.75 Å². The minimum Gasteiger partial charge on any atom is -0.406 e. The lowest BCUT2D eigenvalue weighted by molar-refractivity contribution is -0.274. The van der Waals surface area contributed by atoms with Crippen molar-refractivity contribution in [3.05, 3.63) is 81.3 Å². The van der Waals surface area contributed by atoms with E-state index >= 15 is 0 Å². The first-order chi connectivity index (χ1) is 20.4. The first-order valence-corrected chi connectivity index (χ1v) is 13.3. The number of carbonyl (C=O) groups is 2. The van der Waals surface area contributed by atoms with Crippen LogP contribution in [-0.4, -0.2) is 48.4 Å². The smallest absolute Gasteiger partial charge is 0.406 e. The predicted octanol–water partition coefficient (Wildman–Crippen LogP) is 4.32. The van der Waals surface area contributed by atoms with Crippen molar-refractivity contribution in [1.29, 1.82) is 0 Å². The van der Waals surface area contributed by atoms with Crippen LogP contribution in [0.25, 0.3) is 0 Å². The van der Waals surface area contributed by atoms with Gasteiger partial charge in [-0.05, 0) is 42.7 Å². The summed E-state index contributed by atoms with van der Waals surface area (Å²) in [4.78, 5) is 28.5. The minimum absolute atomic E-state index is 0.0304. The van der Waals surface area contributed by atoms with Gasteiger partial charge in [-0.25, -0.2) is 0 Å². The number of aryl methyl sites for hydroxylation is 2. The predicted molar refractivity (Wildman–Crippen MR) is 138 cm³/mol. The third-order valence-corrected chi connectivity index (χ3v) is 6.60. The zero-order valence-corrected chi connectivity index (χ0v) is 22.8. The van der Waals surface area contributed by atoms with Crippen LogP contribution in [0, 0.1) is 0 Å². The van der Waals surface area contributed by atoms with Crippen LogP contribution < -0.4 is 15.4 Å². The molecule has 0 radical (unpaired) electrons. The number of nitrogens with one attached hydrogen (secondary N) is 2. The summed E-state index contributed by atoms with van der Waals surface area (Å²) >= 11 is 1.06. The lowest BCUT2D eigenvalue weighted by atomic mass is 10.2. The molecule has 1 aromatic carbocycles.